The van der Waals surface area contributed by atoms with Crippen molar-refractivity contribution in [2.45, 2.75) is 32.4 Å². The first-order valence-corrected chi connectivity index (χ1v) is 7.78. The van der Waals surface area contributed by atoms with E-state index >= 15 is 0 Å². The predicted octanol–water partition coefficient (Wildman–Crippen LogP) is 2.16. The van der Waals surface area contributed by atoms with Gasteiger partial charge in [-0.25, -0.2) is 0 Å². The van der Waals surface area contributed by atoms with Crippen molar-refractivity contribution < 1.29 is 9.00 Å². The van der Waals surface area contributed by atoms with Crippen molar-refractivity contribution in [2.24, 2.45) is 0 Å². The first-order chi connectivity index (χ1) is 8.61. The van der Waals surface area contributed by atoms with Crippen molar-refractivity contribution in [1.29, 1.82) is 0 Å². The molecule has 1 atom stereocenters. The fourth-order valence-electron chi connectivity index (χ4n) is 1.64. The van der Waals surface area contributed by atoms with E-state index in [-0.39, 0.29) is 11.7 Å². The van der Waals surface area contributed by atoms with Gasteiger partial charge in [0.05, 0.1) is 0 Å². The molecule has 0 saturated heterocycles. The fraction of sp³-hybridized carbons (Fsp3) is 0.500. The van der Waals surface area contributed by atoms with E-state index in [1.807, 2.05) is 31.2 Å². The van der Waals surface area contributed by atoms with Crippen LogP contribution in [-0.2, 0) is 21.3 Å². The number of hydrogen-bond donors (Lipinski definition) is 1. The first-order valence-electron chi connectivity index (χ1n) is 6.29. The van der Waals surface area contributed by atoms with Gasteiger partial charge < -0.3 is 5.32 Å². The van der Waals surface area contributed by atoms with Crippen LogP contribution < -0.4 is 5.32 Å². The molecule has 1 N–H and O–H groups in total. The number of carbonyl (C=O) groups excluding carboxylic acids is 1. The van der Waals surface area contributed by atoms with Crippen LogP contribution in [0.1, 0.15) is 30.9 Å². The van der Waals surface area contributed by atoms with Crippen LogP contribution >= 0.6 is 0 Å². The molecule has 0 fully saturated rings. The maximum absolute atomic E-state index is 11.8. The number of unbranched alkanes of at least 4 members (excludes halogenated alkanes) is 1. The van der Waals surface area contributed by atoms with Gasteiger partial charge in [0.25, 0.3) is 0 Å². The molecule has 0 aliphatic rings. The van der Waals surface area contributed by atoms with Gasteiger partial charge in [0, 0.05) is 23.1 Å². The minimum absolute atomic E-state index is 0.0949. The molecule has 0 saturated carbocycles. The van der Waals surface area contributed by atoms with Gasteiger partial charge in [-0.1, -0.05) is 43.2 Å². The Kier molecular flexibility index (Phi) is 6.65. The quantitative estimate of drug-likeness (QED) is 0.770. The minimum Gasteiger partial charge on any atom is -0.355 e. The summed E-state index contributed by atoms with van der Waals surface area (Å²) < 4.78 is 11.8. The van der Waals surface area contributed by atoms with Crippen LogP contribution in [0.4, 0.5) is 0 Å². The van der Waals surface area contributed by atoms with Gasteiger partial charge in [-0.2, -0.15) is 0 Å². The van der Waals surface area contributed by atoms with Crippen LogP contribution in [0, 0.1) is 6.92 Å². The van der Waals surface area contributed by atoms with E-state index in [9.17, 15) is 9.00 Å². The molecule has 0 unspecified atom stereocenters. The minimum atomic E-state index is -1.13. The van der Waals surface area contributed by atoms with E-state index in [4.69, 9.17) is 0 Å². The van der Waals surface area contributed by atoms with Crippen molar-refractivity contribution in [1.82, 2.24) is 5.32 Å². The summed E-state index contributed by atoms with van der Waals surface area (Å²) in [5.74, 6) is 0.426. The lowest BCUT2D eigenvalue weighted by atomic mass is 10.2. The highest BCUT2D eigenvalue weighted by molar-refractivity contribution is 7.84. The van der Waals surface area contributed by atoms with Gasteiger partial charge in [0.2, 0.25) is 5.91 Å². The standard InChI is InChI=1S/C14H21NO2S/c1-3-4-8-15-14(16)11-18(17)10-13-7-5-6-12(2)9-13/h5-7,9H,3-4,8,10-11H2,1-2H3,(H,15,16)/t18-/m1/s1. The Hall–Kier alpha value is -1.16. The molecule has 100 valence electrons. The zero-order valence-corrected chi connectivity index (χ0v) is 11.9. The highest BCUT2D eigenvalue weighted by Gasteiger charge is 2.08. The van der Waals surface area contributed by atoms with Gasteiger partial charge in [-0.05, 0) is 18.9 Å². The SMILES string of the molecule is CCCCNC(=O)C[S@](=O)Cc1cccc(C)c1. The lowest BCUT2D eigenvalue weighted by Crippen LogP contribution is -2.29. The summed E-state index contributed by atoms with van der Waals surface area (Å²) >= 11 is 0. The van der Waals surface area contributed by atoms with Crippen molar-refractivity contribution >= 4 is 16.7 Å². The molecule has 0 aliphatic carbocycles. The molecule has 0 radical (unpaired) electrons. The van der Waals surface area contributed by atoms with Crippen LogP contribution in [0.2, 0.25) is 0 Å². The van der Waals surface area contributed by atoms with Crippen LogP contribution in [0.25, 0.3) is 0 Å². The third kappa shape index (κ3) is 5.96. The van der Waals surface area contributed by atoms with Crippen LogP contribution in [-0.4, -0.2) is 22.4 Å². The van der Waals surface area contributed by atoms with Gasteiger partial charge in [-0.3, -0.25) is 9.00 Å². The van der Waals surface area contributed by atoms with Gasteiger partial charge in [0.15, 0.2) is 0 Å². The molecular formula is C14H21NO2S. The van der Waals surface area contributed by atoms with E-state index in [2.05, 4.69) is 12.2 Å². The number of amides is 1. The molecule has 0 aromatic heterocycles. The normalized spacial score (nSPS) is 12.1. The molecule has 1 aromatic carbocycles. The zero-order valence-electron chi connectivity index (χ0n) is 11.1. The second-order valence-electron chi connectivity index (χ2n) is 4.42. The number of rotatable bonds is 7. The summed E-state index contributed by atoms with van der Waals surface area (Å²) in [5.41, 5.74) is 2.17. The molecule has 0 bridgehead atoms. The van der Waals surface area contributed by atoms with Crippen LogP contribution in [0.15, 0.2) is 24.3 Å². The van der Waals surface area contributed by atoms with Gasteiger partial charge in [-0.15, -0.1) is 0 Å². The summed E-state index contributed by atoms with van der Waals surface area (Å²) in [4.78, 5) is 11.5. The second-order valence-corrected chi connectivity index (χ2v) is 5.88. The second kappa shape index (κ2) is 8.03. The van der Waals surface area contributed by atoms with E-state index < -0.39 is 10.8 Å². The van der Waals surface area contributed by atoms with E-state index in [1.165, 1.54) is 0 Å². The molecule has 3 nitrogen and oxygen atoms in total. The lowest BCUT2D eigenvalue weighted by molar-refractivity contribution is -0.118. The average molecular weight is 267 g/mol. The smallest absolute Gasteiger partial charge is 0.232 e. The molecule has 0 spiro atoms. The maximum atomic E-state index is 11.8. The Morgan fingerprint density at radius 1 is 1.39 bits per heavy atom. The van der Waals surface area contributed by atoms with Crippen molar-refractivity contribution in [3.05, 3.63) is 35.4 Å². The molecule has 1 amide bonds. The van der Waals surface area contributed by atoms with Crippen molar-refractivity contribution in [3.63, 3.8) is 0 Å². The Morgan fingerprint density at radius 2 is 2.17 bits per heavy atom. The highest BCUT2D eigenvalue weighted by atomic mass is 32.2. The molecule has 0 aliphatic heterocycles. The number of aryl methyl sites for hydroxylation is 1. The summed E-state index contributed by atoms with van der Waals surface area (Å²) in [6.07, 6.45) is 2.02. The van der Waals surface area contributed by atoms with Gasteiger partial charge >= 0.3 is 0 Å². The highest BCUT2D eigenvalue weighted by Crippen LogP contribution is 2.06. The van der Waals surface area contributed by atoms with Crippen molar-refractivity contribution in [3.8, 4) is 0 Å². The van der Waals surface area contributed by atoms with Crippen LogP contribution in [0.3, 0.4) is 0 Å². The number of nitrogens with one attached hydrogen (secondary N) is 1. The summed E-state index contributed by atoms with van der Waals surface area (Å²) in [6.45, 7) is 4.75. The zero-order chi connectivity index (χ0) is 13.4. The van der Waals surface area contributed by atoms with Gasteiger partial charge in [0.1, 0.15) is 5.75 Å². The topological polar surface area (TPSA) is 46.2 Å². The number of carbonyl (C=O) groups is 1. The van der Waals surface area contributed by atoms with E-state index in [1.54, 1.807) is 0 Å². The third-order valence-electron chi connectivity index (χ3n) is 2.55. The Bertz CT molecular complexity index is 418. The summed E-state index contributed by atoms with van der Waals surface area (Å²) in [5, 5.41) is 2.78. The molecular weight excluding hydrogens is 246 g/mol. The molecule has 0 heterocycles. The lowest BCUT2D eigenvalue weighted by Gasteiger charge is -2.05. The maximum Gasteiger partial charge on any atom is 0.232 e. The monoisotopic (exact) mass is 267 g/mol. The molecule has 4 heteroatoms. The van der Waals surface area contributed by atoms with E-state index in [0.29, 0.717) is 12.3 Å². The third-order valence-corrected chi connectivity index (χ3v) is 3.79. The number of benzene rings is 1. The Labute approximate surface area is 111 Å². The fourth-order valence-corrected chi connectivity index (χ4v) is 2.69. The predicted molar refractivity (Wildman–Crippen MR) is 75.8 cm³/mol. The summed E-state index contributed by atoms with van der Waals surface area (Å²) in [6, 6.07) is 7.90. The van der Waals surface area contributed by atoms with Crippen molar-refractivity contribution in [2.75, 3.05) is 12.3 Å². The molecule has 1 aromatic rings. The van der Waals surface area contributed by atoms with Crippen LogP contribution in [0.5, 0.6) is 0 Å². The first kappa shape index (κ1) is 14.9. The Balaban J connectivity index is 2.35. The molecule has 18 heavy (non-hydrogen) atoms. The number of hydrogen-bond acceptors (Lipinski definition) is 2. The average Bonchev–Trinajstić information content (AvgIpc) is 2.29. The Morgan fingerprint density at radius 3 is 2.83 bits per heavy atom. The molecule has 1 rings (SSSR count). The largest absolute Gasteiger partial charge is 0.355 e. The van der Waals surface area contributed by atoms with E-state index in [0.717, 1.165) is 24.0 Å². The summed E-state index contributed by atoms with van der Waals surface area (Å²) in [7, 11) is -1.13.